The molecule has 1 saturated carbocycles. The van der Waals surface area contributed by atoms with E-state index in [1.165, 1.54) is 11.3 Å². The smallest absolute Gasteiger partial charge is 0.323 e. The van der Waals surface area contributed by atoms with E-state index in [1.807, 2.05) is 20.8 Å². The van der Waals surface area contributed by atoms with Crippen LogP contribution in [-0.2, 0) is 9.59 Å². The van der Waals surface area contributed by atoms with E-state index in [0.717, 1.165) is 34.7 Å². The van der Waals surface area contributed by atoms with E-state index in [0.29, 0.717) is 11.6 Å². The predicted octanol–water partition coefficient (Wildman–Crippen LogP) is 2.20. The van der Waals surface area contributed by atoms with E-state index >= 15 is 0 Å². The van der Waals surface area contributed by atoms with Gasteiger partial charge in [-0.1, -0.05) is 19.8 Å². The van der Waals surface area contributed by atoms with E-state index < -0.39 is 17.5 Å². The summed E-state index contributed by atoms with van der Waals surface area (Å²) in [4.78, 5) is 43.6. The van der Waals surface area contributed by atoms with Crippen LogP contribution in [0.15, 0.2) is 0 Å². The molecule has 24 heavy (non-hydrogen) atoms. The summed E-state index contributed by atoms with van der Waals surface area (Å²) >= 11 is 1.38. The van der Waals surface area contributed by atoms with Gasteiger partial charge in [0.1, 0.15) is 12.1 Å². The first-order chi connectivity index (χ1) is 11.3. The fraction of sp³-hybridized carbons (Fsp3) is 0.625. The maximum Gasteiger partial charge on any atom is 0.325 e. The summed E-state index contributed by atoms with van der Waals surface area (Å²) in [6.07, 6.45) is 3.52. The molecule has 0 unspecified atom stereocenters. The van der Waals surface area contributed by atoms with Crippen LogP contribution in [0.5, 0.6) is 0 Å². The number of anilines is 1. The Kier molecular flexibility index (Phi) is 4.33. The number of imide groups is 1. The first kappa shape index (κ1) is 16.9. The molecule has 2 atom stereocenters. The number of carbonyl (C=O) groups excluding carboxylic acids is 3. The van der Waals surface area contributed by atoms with Crippen LogP contribution < -0.4 is 10.6 Å². The number of amides is 4. The molecule has 8 heteroatoms. The number of rotatable bonds is 3. The largest absolute Gasteiger partial charge is 0.325 e. The Morgan fingerprint density at radius 1 is 1.42 bits per heavy atom. The summed E-state index contributed by atoms with van der Waals surface area (Å²) in [5.74, 6) is -0.603. The van der Waals surface area contributed by atoms with Crippen molar-refractivity contribution in [3.05, 3.63) is 10.6 Å². The second-order valence-electron chi connectivity index (χ2n) is 6.65. The molecule has 1 saturated heterocycles. The van der Waals surface area contributed by atoms with Crippen molar-refractivity contribution in [2.45, 2.75) is 52.0 Å². The maximum absolute atomic E-state index is 12.8. The van der Waals surface area contributed by atoms with Gasteiger partial charge in [-0.25, -0.2) is 9.78 Å². The van der Waals surface area contributed by atoms with E-state index in [1.54, 1.807) is 0 Å². The Morgan fingerprint density at radius 3 is 2.79 bits per heavy atom. The molecule has 2 aliphatic rings. The monoisotopic (exact) mass is 350 g/mol. The molecule has 1 aliphatic heterocycles. The lowest BCUT2D eigenvalue weighted by atomic mass is 9.73. The van der Waals surface area contributed by atoms with Crippen LogP contribution in [0.25, 0.3) is 0 Å². The standard InChI is InChI=1S/C16H22N4O3S/c1-9-6-4-5-7-16(9)13(22)20(15(23)19-16)8-12(21)18-14-17-10(2)11(3)24-14/h9H,4-8H2,1-3H3,(H,19,23)(H,17,18,21)/t9-,16-/m1/s1. The van der Waals surface area contributed by atoms with Crippen LogP contribution in [0.2, 0.25) is 0 Å². The number of thiazole rings is 1. The summed E-state index contributed by atoms with van der Waals surface area (Å²) in [5, 5.41) is 6.00. The average molecular weight is 350 g/mol. The molecule has 1 aliphatic carbocycles. The van der Waals surface area contributed by atoms with Crippen LogP contribution in [0.4, 0.5) is 9.93 Å². The summed E-state index contributed by atoms with van der Waals surface area (Å²) in [6.45, 7) is 5.50. The zero-order valence-corrected chi connectivity index (χ0v) is 15.0. The van der Waals surface area contributed by atoms with Crippen molar-refractivity contribution in [1.82, 2.24) is 15.2 Å². The zero-order valence-electron chi connectivity index (χ0n) is 14.1. The van der Waals surface area contributed by atoms with Crippen molar-refractivity contribution in [3.63, 3.8) is 0 Å². The highest BCUT2D eigenvalue weighted by molar-refractivity contribution is 7.15. The van der Waals surface area contributed by atoms with E-state index in [9.17, 15) is 14.4 Å². The van der Waals surface area contributed by atoms with Gasteiger partial charge in [-0.3, -0.25) is 14.5 Å². The highest BCUT2D eigenvalue weighted by atomic mass is 32.1. The van der Waals surface area contributed by atoms with Crippen molar-refractivity contribution < 1.29 is 14.4 Å². The zero-order chi connectivity index (χ0) is 17.5. The molecule has 2 fully saturated rings. The van der Waals surface area contributed by atoms with E-state index in [2.05, 4.69) is 15.6 Å². The highest BCUT2D eigenvalue weighted by Gasteiger charge is 2.55. The number of hydrogen-bond donors (Lipinski definition) is 2. The molecule has 0 aromatic carbocycles. The van der Waals surface area contributed by atoms with Crippen LogP contribution in [0.3, 0.4) is 0 Å². The molecule has 130 valence electrons. The van der Waals surface area contributed by atoms with Crippen molar-refractivity contribution in [1.29, 1.82) is 0 Å². The number of urea groups is 1. The van der Waals surface area contributed by atoms with Crippen LogP contribution >= 0.6 is 11.3 Å². The fourth-order valence-electron chi connectivity index (χ4n) is 3.47. The molecule has 4 amide bonds. The van der Waals surface area contributed by atoms with Crippen molar-refractivity contribution >= 4 is 34.3 Å². The lowest BCUT2D eigenvalue weighted by Gasteiger charge is -2.36. The average Bonchev–Trinajstić information content (AvgIpc) is 2.94. The molecular weight excluding hydrogens is 328 g/mol. The maximum atomic E-state index is 12.8. The minimum Gasteiger partial charge on any atom is -0.323 e. The van der Waals surface area contributed by atoms with Gasteiger partial charge in [0.2, 0.25) is 5.91 Å². The quantitative estimate of drug-likeness (QED) is 0.818. The number of hydrogen-bond acceptors (Lipinski definition) is 5. The van der Waals surface area contributed by atoms with Gasteiger partial charge in [0.15, 0.2) is 5.13 Å². The Balaban J connectivity index is 1.69. The van der Waals surface area contributed by atoms with Gasteiger partial charge in [-0.15, -0.1) is 11.3 Å². The third kappa shape index (κ3) is 2.79. The molecule has 0 bridgehead atoms. The topological polar surface area (TPSA) is 91.4 Å². The molecule has 2 N–H and O–H groups in total. The lowest BCUT2D eigenvalue weighted by molar-refractivity contribution is -0.136. The third-order valence-corrected chi connectivity index (χ3v) is 6.07. The molecule has 2 heterocycles. The molecule has 0 radical (unpaired) electrons. The molecule has 3 rings (SSSR count). The van der Waals surface area contributed by atoms with Crippen molar-refractivity contribution in [2.24, 2.45) is 5.92 Å². The lowest BCUT2D eigenvalue weighted by Crippen LogP contribution is -2.54. The normalized spacial score (nSPS) is 26.8. The molecular formula is C16H22N4O3S. The minimum absolute atomic E-state index is 0.0834. The summed E-state index contributed by atoms with van der Waals surface area (Å²) in [5.41, 5.74) is 0.0320. The van der Waals surface area contributed by atoms with E-state index in [4.69, 9.17) is 0 Å². The Labute approximate surface area is 144 Å². The number of nitrogens with one attached hydrogen (secondary N) is 2. The van der Waals surface area contributed by atoms with Gasteiger partial charge in [0.05, 0.1) is 5.69 Å². The number of aromatic nitrogens is 1. The number of nitrogens with zero attached hydrogens (tertiary/aromatic N) is 2. The van der Waals surface area contributed by atoms with Crippen molar-refractivity contribution in [2.75, 3.05) is 11.9 Å². The molecule has 1 aromatic rings. The number of aryl methyl sites for hydroxylation is 2. The first-order valence-corrected chi connectivity index (χ1v) is 9.03. The Hall–Kier alpha value is -1.96. The van der Waals surface area contributed by atoms with Crippen molar-refractivity contribution in [3.8, 4) is 0 Å². The molecule has 1 spiro atoms. The summed E-state index contributed by atoms with van der Waals surface area (Å²) in [6, 6.07) is -0.476. The van der Waals surface area contributed by atoms with Crippen LogP contribution in [-0.4, -0.2) is 39.8 Å². The SMILES string of the molecule is Cc1nc(NC(=O)CN2C(=O)N[C@@]3(CCCC[C@H]3C)C2=O)sc1C. The fourth-order valence-corrected chi connectivity index (χ4v) is 4.30. The van der Waals surface area contributed by atoms with Gasteiger partial charge in [-0.05, 0) is 32.6 Å². The molecule has 7 nitrogen and oxygen atoms in total. The minimum atomic E-state index is -0.829. The van der Waals surface area contributed by atoms with Crippen LogP contribution in [0, 0.1) is 19.8 Å². The summed E-state index contributed by atoms with van der Waals surface area (Å²) < 4.78 is 0. The predicted molar refractivity (Wildman–Crippen MR) is 90.8 cm³/mol. The Bertz CT molecular complexity index is 682. The van der Waals surface area contributed by atoms with Gasteiger partial charge >= 0.3 is 6.03 Å². The van der Waals surface area contributed by atoms with E-state index in [-0.39, 0.29) is 18.4 Å². The molecule has 1 aromatic heterocycles. The Morgan fingerprint density at radius 2 is 2.17 bits per heavy atom. The van der Waals surface area contributed by atoms with Crippen LogP contribution in [0.1, 0.15) is 43.2 Å². The summed E-state index contributed by atoms with van der Waals surface area (Å²) in [7, 11) is 0. The van der Waals surface area contributed by atoms with Gasteiger partial charge in [-0.2, -0.15) is 0 Å². The third-order valence-electron chi connectivity index (χ3n) is 5.08. The van der Waals surface area contributed by atoms with Gasteiger partial charge in [0, 0.05) is 4.88 Å². The highest BCUT2D eigenvalue weighted by Crippen LogP contribution is 2.38. The van der Waals surface area contributed by atoms with Gasteiger partial charge in [0.25, 0.3) is 5.91 Å². The second-order valence-corrected chi connectivity index (χ2v) is 7.85. The van der Waals surface area contributed by atoms with Gasteiger partial charge < -0.3 is 10.6 Å². The number of carbonyl (C=O) groups is 3. The first-order valence-electron chi connectivity index (χ1n) is 8.21. The second kappa shape index (κ2) is 6.16.